The summed E-state index contributed by atoms with van der Waals surface area (Å²) in [4.78, 5) is 49.6. The number of nitrogens with one attached hydrogen (secondary N) is 1. The van der Waals surface area contributed by atoms with Crippen molar-refractivity contribution >= 4 is 23.6 Å². The topological polar surface area (TPSA) is 92.8 Å². The van der Waals surface area contributed by atoms with Gasteiger partial charge in [0.2, 0.25) is 11.7 Å². The number of ether oxygens (including phenoxy) is 1. The molecule has 0 aromatic heterocycles. The zero-order valence-corrected chi connectivity index (χ0v) is 17.2. The monoisotopic (exact) mass is 408 g/mol. The number of carbonyl (C=O) groups excluding carboxylic acids is 4. The molecular formula is C23H24N2O5. The van der Waals surface area contributed by atoms with Crippen LogP contribution < -0.4 is 5.43 Å². The van der Waals surface area contributed by atoms with Crippen molar-refractivity contribution in [2.45, 2.75) is 33.3 Å². The lowest BCUT2D eigenvalue weighted by Gasteiger charge is -2.19. The minimum atomic E-state index is -0.967. The van der Waals surface area contributed by atoms with Crippen LogP contribution in [0.3, 0.4) is 0 Å². The molecule has 1 saturated heterocycles. The van der Waals surface area contributed by atoms with Gasteiger partial charge in [-0.1, -0.05) is 48.0 Å². The fourth-order valence-electron chi connectivity index (χ4n) is 3.26. The van der Waals surface area contributed by atoms with E-state index in [-0.39, 0.29) is 24.7 Å². The van der Waals surface area contributed by atoms with Crippen molar-refractivity contribution in [1.29, 1.82) is 0 Å². The van der Waals surface area contributed by atoms with Crippen LogP contribution in [0.4, 0.5) is 0 Å². The molecule has 2 amide bonds. The van der Waals surface area contributed by atoms with Crippen LogP contribution >= 0.6 is 0 Å². The number of benzene rings is 2. The van der Waals surface area contributed by atoms with Crippen molar-refractivity contribution in [3.8, 4) is 0 Å². The summed E-state index contributed by atoms with van der Waals surface area (Å²) < 4.78 is 5.31. The summed E-state index contributed by atoms with van der Waals surface area (Å²) >= 11 is 0. The first-order valence-corrected chi connectivity index (χ1v) is 9.74. The second-order valence-corrected chi connectivity index (χ2v) is 7.47. The number of hydrazine groups is 1. The number of hydrogen-bond donors (Lipinski definition) is 1. The van der Waals surface area contributed by atoms with Gasteiger partial charge < -0.3 is 4.74 Å². The van der Waals surface area contributed by atoms with Crippen molar-refractivity contribution < 1.29 is 23.9 Å². The van der Waals surface area contributed by atoms with Gasteiger partial charge in [-0.05, 0) is 32.4 Å². The number of nitrogens with zero attached hydrogens (tertiary/aromatic N) is 1. The summed E-state index contributed by atoms with van der Waals surface area (Å²) in [6, 6.07) is 14.0. The van der Waals surface area contributed by atoms with E-state index in [2.05, 4.69) is 5.43 Å². The van der Waals surface area contributed by atoms with Gasteiger partial charge in [0.15, 0.2) is 6.10 Å². The van der Waals surface area contributed by atoms with Gasteiger partial charge in [0.05, 0.1) is 12.5 Å². The number of hydrogen-bond acceptors (Lipinski definition) is 5. The van der Waals surface area contributed by atoms with Gasteiger partial charge in [-0.25, -0.2) is 0 Å². The standard InChI is InChI=1S/C23H24N2O5/c1-14-8-10-17(11-9-14)21(27)16(3)30-23(29)18-12-20(26)25(13-18)24-22(28)19-7-5-4-6-15(19)2/h4-11,16,18H,12-13H2,1-3H3,(H,24,28)/t16-,18+/m0/s1. The number of carbonyl (C=O) groups is 4. The summed E-state index contributed by atoms with van der Waals surface area (Å²) in [5, 5.41) is 1.13. The van der Waals surface area contributed by atoms with Gasteiger partial charge in [0.1, 0.15) is 0 Å². The van der Waals surface area contributed by atoms with Crippen LogP contribution in [0.1, 0.15) is 45.2 Å². The molecule has 7 heteroatoms. The Morgan fingerprint density at radius 3 is 2.40 bits per heavy atom. The highest BCUT2D eigenvalue weighted by Crippen LogP contribution is 2.20. The molecule has 0 aliphatic carbocycles. The van der Waals surface area contributed by atoms with Gasteiger partial charge in [0.25, 0.3) is 5.91 Å². The quantitative estimate of drug-likeness (QED) is 0.586. The van der Waals surface area contributed by atoms with Crippen molar-refractivity contribution in [1.82, 2.24) is 10.4 Å². The fourth-order valence-corrected chi connectivity index (χ4v) is 3.26. The minimum Gasteiger partial charge on any atom is -0.454 e. The predicted molar refractivity (Wildman–Crippen MR) is 110 cm³/mol. The van der Waals surface area contributed by atoms with Gasteiger partial charge in [-0.2, -0.15) is 0 Å². The number of ketones is 1. The van der Waals surface area contributed by atoms with E-state index < -0.39 is 23.9 Å². The molecule has 1 aliphatic rings. The average Bonchev–Trinajstić information content (AvgIpc) is 3.08. The molecule has 156 valence electrons. The summed E-state index contributed by atoms with van der Waals surface area (Å²) in [6.07, 6.45) is -1.05. The van der Waals surface area contributed by atoms with E-state index in [1.807, 2.05) is 25.1 Å². The molecule has 0 spiro atoms. The van der Waals surface area contributed by atoms with E-state index in [9.17, 15) is 19.2 Å². The second-order valence-electron chi connectivity index (χ2n) is 7.47. The van der Waals surface area contributed by atoms with E-state index in [1.165, 1.54) is 6.92 Å². The van der Waals surface area contributed by atoms with E-state index >= 15 is 0 Å². The zero-order chi connectivity index (χ0) is 21.8. The summed E-state index contributed by atoms with van der Waals surface area (Å²) in [5.41, 5.74) is 5.26. The Hall–Kier alpha value is -3.48. The Labute approximate surface area is 175 Å². The zero-order valence-electron chi connectivity index (χ0n) is 17.2. The first-order chi connectivity index (χ1) is 14.3. The number of Topliss-reactive ketones (excluding diaryl/α,β-unsaturated/α-hetero) is 1. The van der Waals surface area contributed by atoms with Gasteiger partial charge in [-0.3, -0.25) is 29.6 Å². The second kappa shape index (κ2) is 8.90. The van der Waals surface area contributed by atoms with Crippen LogP contribution in [-0.4, -0.2) is 41.2 Å². The van der Waals surface area contributed by atoms with Crippen molar-refractivity contribution in [3.63, 3.8) is 0 Å². The molecule has 2 aromatic carbocycles. The number of aryl methyl sites for hydroxylation is 2. The lowest BCUT2D eigenvalue weighted by atomic mass is 10.1. The molecular weight excluding hydrogens is 384 g/mol. The van der Waals surface area contributed by atoms with Gasteiger partial charge in [0, 0.05) is 17.5 Å². The van der Waals surface area contributed by atoms with Crippen LogP contribution in [0.5, 0.6) is 0 Å². The Morgan fingerprint density at radius 1 is 1.07 bits per heavy atom. The van der Waals surface area contributed by atoms with Crippen LogP contribution in [-0.2, 0) is 14.3 Å². The highest BCUT2D eigenvalue weighted by molar-refractivity contribution is 6.01. The third-order valence-corrected chi connectivity index (χ3v) is 5.08. The van der Waals surface area contributed by atoms with Crippen molar-refractivity contribution in [2.75, 3.05) is 6.54 Å². The van der Waals surface area contributed by atoms with Crippen molar-refractivity contribution in [2.24, 2.45) is 5.92 Å². The molecule has 2 aromatic rings. The highest BCUT2D eigenvalue weighted by atomic mass is 16.5. The lowest BCUT2D eigenvalue weighted by Crippen LogP contribution is -2.43. The van der Waals surface area contributed by atoms with Gasteiger partial charge in [-0.15, -0.1) is 0 Å². The Morgan fingerprint density at radius 2 is 1.73 bits per heavy atom. The average molecular weight is 408 g/mol. The number of amides is 2. The maximum atomic E-state index is 12.5. The smallest absolute Gasteiger partial charge is 0.312 e. The first-order valence-electron chi connectivity index (χ1n) is 9.74. The number of esters is 1. The van der Waals surface area contributed by atoms with Gasteiger partial charge >= 0.3 is 5.97 Å². The van der Waals surface area contributed by atoms with E-state index in [0.717, 1.165) is 16.1 Å². The molecule has 2 atom stereocenters. The Bertz CT molecular complexity index is 983. The number of rotatable bonds is 6. The summed E-state index contributed by atoms with van der Waals surface area (Å²) in [6.45, 7) is 5.22. The Balaban J connectivity index is 1.58. The lowest BCUT2D eigenvalue weighted by molar-refractivity contribution is -0.151. The Kier molecular flexibility index (Phi) is 6.30. The molecule has 1 heterocycles. The van der Waals surface area contributed by atoms with Crippen LogP contribution in [0.25, 0.3) is 0 Å². The van der Waals surface area contributed by atoms with Crippen LogP contribution in [0, 0.1) is 19.8 Å². The van der Waals surface area contributed by atoms with E-state index in [0.29, 0.717) is 11.1 Å². The predicted octanol–water partition coefficient (Wildman–Crippen LogP) is 2.61. The molecule has 1 fully saturated rings. The third-order valence-electron chi connectivity index (χ3n) is 5.08. The first kappa shape index (κ1) is 21.2. The SMILES string of the molecule is Cc1ccc(C(=O)[C@H](C)OC(=O)[C@@H]2CC(=O)N(NC(=O)c3ccccc3C)C2)cc1. The molecule has 7 nitrogen and oxygen atoms in total. The highest BCUT2D eigenvalue weighted by Gasteiger charge is 2.37. The molecule has 3 rings (SSSR count). The third kappa shape index (κ3) is 4.74. The maximum Gasteiger partial charge on any atom is 0.312 e. The molecule has 1 aliphatic heterocycles. The largest absolute Gasteiger partial charge is 0.454 e. The molecule has 0 unspecified atom stereocenters. The minimum absolute atomic E-state index is 0.000724. The van der Waals surface area contributed by atoms with Crippen LogP contribution in [0.15, 0.2) is 48.5 Å². The summed E-state index contributed by atoms with van der Waals surface area (Å²) in [5.74, 6) is -2.49. The van der Waals surface area contributed by atoms with Crippen molar-refractivity contribution in [3.05, 3.63) is 70.8 Å². The van der Waals surface area contributed by atoms with E-state index in [4.69, 9.17) is 4.74 Å². The molecule has 30 heavy (non-hydrogen) atoms. The van der Waals surface area contributed by atoms with E-state index in [1.54, 1.807) is 37.3 Å². The fraction of sp³-hybridized carbons (Fsp3) is 0.304. The normalized spacial score (nSPS) is 16.8. The molecule has 0 bridgehead atoms. The molecule has 1 N–H and O–H groups in total. The molecule has 0 saturated carbocycles. The summed E-state index contributed by atoms with van der Waals surface area (Å²) in [7, 11) is 0. The maximum absolute atomic E-state index is 12.5. The van der Waals surface area contributed by atoms with Crippen LogP contribution in [0.2, 0.25) is 0 Å². The molecule has 0 radical (unpaired) electrons.